The Bertz CT molecular complexity index is 1160. The number of carbonyl (C=O) groups is 4. The van der Waals surface area contributed by atoms with Gasteiger partial charge in [0.05, 0.1) is 5.56 Å². The van der Waals surface area contributed by atoms with Crippen molar-refractivity contribution in [2.75, 3.05) is 6.61 Å². The monoisotopic (exact) mass is 577 g/mol. The van der Waals surface area contributed by atoms with Gasteiger partial charge >= 0.3 is 17.9 Å². The normalized spacial score (nSPS) is 12.7. The Morgan fingerprint density at radius 3 is 1.79 bits per heavy atom. The summed E-state index contributed by atoms with van der Waals surface area (Å²) in [5.74, 6) is -3.33. The third kappa shape index (κ3) is 18.0. The van der Waals surface area contributed by atoms with Crippen molar-refractivity contribution in [3.63, 3.8) is 0 Å². The molecule has 0 bridgehead atoms. The van der Waals surface area contributed by atoms with Crippen LogP contribution in [0.25, 0.3) is 0 Å². The van der Waals surface area contributed by atoms with Gasteiger partial charge in [0.1, 0.15) is 12.4 Å². The number of rotatable bonds is 20. The summed E-state index contributed by atoms with van der Waals surface area (Å²) >= 11 is 0. The van der Waals surface area contributed by atoms with Gasteiger partial charge in [0, 0.05) is 13.3 Å². The molecule has 8 nitrogen and oxygen atoms in total. The van der Waals surface area contributed by atoms with Crippen LogP contribution in [0, 0.1) is 0 Å². The van der Waals surface area contributed by atoms with Crippen molar-refractivity contribution in [1.82, 2.24) is 5.32 Å². The Morgan fingerprint density at radius 2 is 1.29 bits per heavy atom. The minimum absolute atomic E-state index is 0.00000280. The molecule has 8 heteroatoms. The summed E-state index contributed by atoms with van der Waals surface area (Å²) < 4.78 is 10.0. The number of carbonyl (C=O) groups excluding carboxylic acids is 3. The maximum absolute atomic E-state index is 12.5. The van der Waals surface area contributed by atoms with Crippen LogP contribution in [-0.2, 0) is 19.1 Å². The van der Waals surface area contributed by atoms with Gasteiger partial charge in [-0.2, -0.15) is 0 Å². The van der Waals surface area contributed by atoms with E-state index in [4.69, 9.17) is 9.47 Å². The van der Waals surface area contributed by atoms with Crippen molar-refractivity contribution in [3.8, 4) is 5.75 Å². The molecule has 1 unspecified atom stereocenters. The minimum Gasteiger partial charge on any atom is -0.480 e. The average molecular weight is 578 g/mol. The lowest BCUT2D eigenvalue weighted by Crippen LogP contribution is -2.44. The predicted octanol–water partition coefficient (Wildman–Crippen LogP) is 6.82. The number of amides is 1. The van der Waals surface area contributed by atoms with Crippen LogP contribution in [0.3, 0.4) is 0 Å². The minimum atomic E-state index is -1.46. The number of hydrogen-bond acceptors (Lipinski definition) is 6. The molecule has 0 saturated heterocycles. The van der Waals surface area contributed by atoms with Gasteiger partial charge in [-0.25, -0.2) is 4.79 Å². The Labute approximate surface area is 249 Å². The number of para-hydroxylation sites is 1. The Kier molecular flexibility index (Phi) is 19.7. The van der Waals surface area contributed by atoms with Crippen LogP contribution in [0.2, 0.25) is 0 Å². The van der Waals surface area contributed by atoms with Crippen molar-refractivity contribution >= 4 is 23.8 Å². The highest BCUT2D eigenvalue weighted by molar-refractivity contribution is 5.99. The van der Waals surface area contributed by atoms with Crippen LogP contribution in [0.1, 0.15) is 75.6 Å². The summed E-state index contributed by atoms with van der Waals surface area (Å²) in [7, 11) is 0. The van der Waals surface area contributed by atoms with E-state index < -0.39 is 36.5 Å². The molecule has 2 N–H and O–H groups in total. The second-order valence-electron chi connectivity index (χ2n) is 9.09. The van der Waals surface area contributed by atoms with E-state index in [0.29, 0.717) is 6.42 Å². The van der Waals surface area contributed by atoms with Crippen LogP contribution < -0.4 is 10.1 Å². The fourth-order valence-corrected chi connectivity index (χ4v) is 3.40. The highest BCUT2D eigenvalue weighted by atomic mass is 16.5. The number of aliphatic carboxylic acids is 1. The first kappa shape index (κ1) is 35.6. The lowest BCUT2D eigenvalue weighted by molar-refractivity contribution is -0.148. The fraction of sp³-hybridized carbons (Fsp3) is 0.353. The topological polar surface area (TPSA) is 119 Å². The molecule has 42 heavy (non-hydrogen) atoms. The molecule has 0 aliphatic rings. The summed E-state index contributed by atoms with van der Waals surface area (Å²) in [6, 6.07) is 4.47. The first-order chi connectivity index (χ1) is 20.3. The van der Waals surface area contributed by atoms with Gasteiger partial charge in [-0.1, -0.05) is 92.0 Å². The molecule has 1 atom stereocenters. The summed E-state index contributed by atoms with van der Waals surface area (Å²) in [5.41, 5.74) is -0.0112. The molecule has 1 amide bonds. The largest absolute Gasteiger partial charge is 0.480 e. The van der Waals surface area contributed by atoms with E-state index in [1.165, 1.54) is 19.1 Å². The number of carboxylic acids is 1. The van der Waals surface area contributed by atoms with E-state index in [0.717, 1.165) is 38.5 Å². The Hall–Kier alpha value is -4.46. The van der Waals surface area contributed by atoms with E-state index in [1.807, 2.05) is 18.2 Å². The Balaban J connectivity index is 2.25. The molecule has 0 saturated carbocycles. The molecule has 1 aromatic carbocycles. The molecular formula is C34H43NO7. The molecule has 1 aromatic rings. The van der Waals surface area contributed by atoms with Crippen molar-refractivity contribution in [2.45, 2.75) is 71.3 Å². The van der Waals surface area contributed by atoms with E-state index in [9.17, 15) is 24.3 Å². The van der Waals surface area contributed by atoms with E-state index >= 15 is 0 Å². The van der Waals surface area contributed by atoms with Crippen LogP contribution in [0.5, 0.6) is 5.75 Å². The molecule has 1 rings (SSSR count). The highest BCUT2D eigenvalue weighted by Crippen LogP contribution is 2.18. The Morgan fingerprint density at radius 1 is 0.786 bits per heavy atom. The van der Waals surface area contributed by atoms with Gasteiger partial charge in [0.25, 0.3) is 5.91 Å². The first-order valence-electron chi connectivity index (χ1n) is 14.2. The summed E-state index contributed by atoms with van der Waals surface area (Å²) in [6.07, 6.45) is 31.3. The third-order valence-corrected chi connectivity index (χ3v) is 5.51. The third-order valence-electron chi connectivity index (χ3n) is 5.51. The van der Waals surface area contributed by atoms with Crippen molar-refractivity contribution in [1.29, 1.82) is 0 Å². The lowest BCUT2D eigenvalue weighted by atomic mass is 10.1. The van der Waals surface area contributed by atoms with Gasteiger partial charge in [0.2, 0.25) is 0 Å². The number of nitrogens with one attached hydrogen (secondary N) is 1. The van der Waals surface area contributed by atoms with E-state index in [2.05, 4.69) is 66.9 Å². The molecular weight excluding hydrogens is 534 g/mol. The van der Waals surface area contributed by atoms with E-state index in [1.54, 1.807) is 12.1 Å². The molecule has 0 aliphatic heterocycles. The molecule has 0 radical (unpaired) electrons. The highest BCUT2D eigenvalue weighted by Gasteiger charge is 2.24. The molecule has 0 fully saturated rings. The van der Waals surface area contributed by atoms with Gasteiger partial charge in [0.15, 0.2) is 6.04 Å². The standard InChI is InChI=1S/C34H43NO7/c1-3-4-5-6-7-8-9-10-11-12-13-14-15-16-17-18-19-20-21-26-32(37)41-27-30(34(39)40)35-33(38)29-24-22-23-25-31(29)42-28(2)36/h4-5,7-8,10-11,13-14,16-17,19-20,22-25,30H,3,6,9,12,15,18,21,26-27H2,1-2H3,(H,35,38)(H,39,40). The van der Waals surface area contributed by atoms with Crippen molar-refractivity contribution in [3.05, 3.63) is 103 Å². The molecule has 0 heterocycles. The fourth-order valence-electron chi connectivity index (χ4n) is 3.40. The SMILES string of the molecule is CCC=CCC=CCC=CCC=CCC=CCC=CCCC(=O)OCC(NC(=O)c1ccccc1OC(C)=O)C(=O)O. The van der Waals surface area contributed by atoms with Crippen LogP contribution >= 0.6 is 0 Å². The van der Waals surface area contributed by atoms with Crippen LogP contribution in [0.15, 0.2) is 97.2 Å². The maximum Gasteiger partial charge on any atom is 0.329 e. The van der Waals surface area contributed by atoms with Gasteiger partial charge in [-0.05, 0) is 57.1 Å². The lowest BCUT2D eigenvalue weighted by Gasteiger charge is -2.16. The van der Waals surface area contributed by atoms with Crippen molar-refractivity contribution < 1.29 is 33.8 Å². The number of carboxylic acid groups (broad SMARTS) is 1. The zero-order valence-corrected chi connectivity index (χ0v) is 24.6. The van der Waals surface area contributed by atoms with Gasteiger partial charge in [-0.15, -0.1) is 0 Å². The van der Waals surface area contributed by atoms with Crippen LogP contribution in [0.4, 0.5) is 0 Å². The predicted molar refractivity (Wildman–Crippen MR) is 165 cm³/mol. The quantitative estimate of drug-likeness (QED) is 0.0992. The number of allylic oxidation sites excluding steroid dienone is 12. The molecule has 0 aromatic heterocycles. The zero-order chi connectivity index (χ0) is 30.8. The van der Waals surface area contributed by atoms with Crippen molar-refractivity contribution in [2.24, 2.45) is 0 Å². The second-order valence-corrected chi connectivity index (χ2v) is 9.09. The summed E-state index contributed by atoms with van der Waals surface area (Å²) in [4.78, 5) is 47.4. The number of esters is 2. The number of benzene rings is 1. The maximum atomic E-state index is 12.5. The first-order valence-corrected chi connectivity index (χ1v) is 14.2. The molecule has 0 spiro atoms. The second kappa shape index (κ2) is 23.3. The number of ether oxygens (including phenoxy) is 2. The smallest absolute Gasteiger partial charge is 0.329 e. The zero-order valence-electron chi connectivity index (χ0n) is 24.6. The molecule has 226 valence electrons. The van der Waals surface area contributed by atoms with Crippen LogP contribution in [-0.4, -0.2) is 41.6 Å². The number of hydrogen-bond donors (Lipinski definition) is 2. The molecule has 0 aliphatic carbocycles. The summed E-state index contributed by atoms with van der Waals surface area (Å²) in [6.45, 7) is 2.79. The van der Waals surface area contributed by atoms with E-state index in [-0.39, 0.29) is 17.7 Å². The van der Waals surface area contributed by atoms with Gasteiger partial charge < -0.3 is 19.9 Å². The van der Waals surface area contributed by atoms with Gasteiger partial charge in [-0.3, -0.25) is 14.4 Å². The summed E-state index contributed by atoms with van der Waals surface area (Å²) in [5, 5.41) is 11.7. The average Bonchev–Trinajstić information content (AvgIpc) is 2.96.